The van der Waals surface area contributed by atoms with Crippen LogP contribution in [0.3, 0.4) is 0 Å². The van der Waals surface area contributed by atoms with Crippen molar-refractivity contribution in [1.29, 1.82) is 0 Å². The van der Waals surface area contributed by atoms with Crippen LogP contribution in [0, 0.1) is 0 Å². The Balaban J connectivity index is 3.26. The Labute approximate surface area is 74.1 Å². The van der Waals surface area contributed by atoms with Crippen LogP contribution >= 0.6 is 0 Å². The monoisotopic (exact) mass is 173 g/mol. The molecule has 0 saturated heterocycles. The maximum absolute atomic E-state index is 10.9. The summed E-state index contributed by atoms with van der Waals surface area (Å²) < 4.78 is 0. The van der Waals surface area contributed by atoms with Crippen LogP contribution in [0.2, 0.25) is 0 Å². The summed E-state index contributed by atoms with van der Waals surface area (Å²) in [6.07, 6.45) is 0.964. The molecule has 0 aliphatic rings. The highest BCUT2D eigenvalue weighted by Gasteiger charge is 2.04. The number of hydrogen-bond acceptors (Lipinski definition) is 3. The molecule has 0 heterocycles. The van der Waals surface area contributed by atoms with Gasteiger partial charge in [-0.1, -0.05) is 0 Å². The molecule has 1 amide bonds. The third kappa shape index (κ3) is 6.12. The highest BCUT2D eigenvalue weighted by molar-refractivity contribution is 5.80. The lowest BCUT2D eigenvalue weighted by Crippen LogP contribution is -2.39. The van der Waals surface area contributed by atoms with E-state index in [1.165, 1.54) is 0 Å². The van der Waals surface area contributed by atoms with Gasteiger partial charge < -0.3 is 16.0 Å². The van der Waals surface area contributed by atoms with E-state index in [1.54, 1.807) is 6.92 Å². The predicted molar refractivity (Wildman–Crippen MR) is 49.8 cm³/mol. The summed E-state index contributed by atoms with van der Waals surface area (Å²) in [6, 6.07) is -0.399. The zero-order valence-electron chi connectivity index (χ0n) is 8.13. The van der Waals surface area contributed by atoms with Crippen LogP contribution in [-0.4, -0.2) is 44.0 Å². The number of nitrogens with zero attached hydrogens (tertiary/aromatic N) is 1. The molecule has 0 rings (SSSR count). The molecule has 72 valence electrons. The van der Waals surface area contributed by atoms with Gasteiger partial charge in [0.25, 0.3) is 0 Å². The van der Waals surface area contributed by atoms with Crippen molar-refractivity contribution in [2.24, 2.45) is 5.73 Å². The molecule has 0 unspecified atom stereocenters. The molecule has 0 aromatic rings. The number of rotatable bonds is 5. The van der Waals surface area contributed by atoms with Gasteiger partial charge >= 0.3 is 0 Å². The molecule has 0 saturated carbocycles. The second-order valence-electron chi connectivity index (χ2n) is 3.24. The second kappa shape index (κ2) is 5.97. The van der Waals surface area contributed by atoms with E-state index in [0.717, 1.165) is 13.0 Å². The number of carbonyl (C=O) groups is 1. The molecule has 12 heavy (non-hydrogen) atoms. The summed E-state index contributed by atoms with van der Waals surface area (Å²) in [5, 5.41) is 2.75. The van der Waals surface area contributed by atoms with Gasteiger partial charge in [0.1, 0.15) is 0 Å². The van der Waals surface area contributed by atoms with Crippen LogP contribution in [0.4, 0.5) is 0 Å². The minimum atomic E-state index is -0.399. The number of nitrogens with one attached hydrogen (secondary N) is 1. The van der Waals surface area contributed by atoms with Gasteiger partial charge in [-0.25, -0.2) is 0 Å². The normalized spacial score (nSPS) is 13.1. The van der Waals surface area contributed by atoms with Gasteiger partial charge in [-0.2, -0.15) is 0 Å². The third-order valence-corrected chi connectivity index (χ3v) is 1.49. The first kappa shape index (κ1) is 11.4. The quantitative estimate of drug-likeness (QED) is 0.546. The zero-order chi connectivity index (χ0) is 9.56. The topological polar surface area (TPSA) is 58.4 Å². The van der Waals surface area contributed by atoms with Crippen molar-refractivity contribution < 1.29 is 4.79 Å². The Kier molecular flexibility index (Phi) is 5.66. The minimum absolute atomic E-state index is 0.0752. The highest BCUT2D eigenvalue weighted by Crippen LogP contribution is 1.81. The molecule has 0 fully saturated rings. The molecule has 0 aromatic carbocycles. The molecular weight excluding hydrogens is 154 g/mol. The fourth-order valence-electron chi connectivity index (χ4n) is 0.768. The lowest BCUT2D eigenvalue weighted by molar-refractivity contribution is -0.121. The van der Waals surface area contributed by atoms with Crippen molar-refractivity contribution in [2.75, 3.05) is 27.2 Å². The van der Waals surface area contributed by atoms with Crippen molar-refractivity contribution in [1.82, 2.24) is 10.2 Å². The van der Waals surface area contributed by atoms with E-state index in [9.17, 15) is 4.79 Å². The van der Waals surface area contributed by atoms with Gasteiger partial charge in [0, 0.05) is 6.54 Å². The van der Waals surface area contributed by atoms with Crippen LogP contribution in [0.15, 0.2) is 0 Å². The number of amides is 1. The van der Waals surface area contributed by atoms with E-state index in [0.29, 0.717) is 6.54 Å². The Hall–Kier alpha value is -0.610. The fourth-order valence-corrected chi connectivity index (χ4v) is 0.768. The first-order chi connectivity index (χ1) is 5.54. The highest BCUT2D eigenvalue weighted by atomic mass is 16.2. The molecule has 1 atom stereocenters. The molecule has 4 heteroatoms. The van der Waals surface area contributed by atoms with Crippen LogP contribution in [-0.2, 0) is 4.79 Å². The van der Waals surface area contributed by atoms with Gasteiger partial charge in [-0.15, -0.1) is 0 Å². The molecule has 0 aliphatic heterocycles. The summed E-state index contributed by atoms with van der Waals surface area (Å²) in [5.41, 5.74) is 5.36. The largest absolute Gasteiger partial charge is 0.355 e. The van der Waals surface area contributed by atoms with E-state index >= 15 is 0 Å². The third-order valence-electron chi connectivity index (χ3n) is 1.49. The molecule has 0 radical (unpaired) electrons. The average molecular weight is 173 g/mol. The van der Waals surface area contributed by atoms with Crippen molar-refractivity contribution in [3.63, 3.8) is 0 Å². The van der Waals surface area contributed by atoms with Crippen molar-refractivity contribution in [3.05, 3.63) is 0 Å². The van der Waals surface area contributed by atoms with Gasteiger partial charge in [-0.05, 0) is 34.0 Å². The Morgan fingerprint density at radius 1 is 1.58 bits per heavy atom. The molecule has 0 bridgehead atoms. The summed E-state index contributed by atoms with van der Waals surface area (Å²) in [5.74, 6) is -0.0752. The first-order valence-corrected chi connectivity index (χ1v) is 4.22. The van der Waals surface area contributed by atoms with Crippen LogP contribution in [0.1, 0.15) is 13.3 Å². The fraction of sp³-hybridized carbons (Fsp3) is 0.875. The lowest BCUT2D eigenvalue weighted by Gasteiger charge is -2.10. The summed E-state index contributed by atoms with van der Waals surface area (Å²) in [6.45, 7) is 3.37. The summed E-state index contributed by atoms with van der Waals surface area (Å²) in [4.78, 5) is 13.0. The molecule has 4 nitrogen and oxygen atoms in total. The summed E-state index contributed by atoms with van der Waals surface area (Å²) >= 11 is 0. The number of nitrogens with two attached hydrogens (primary N) is 1. The Bertz CT molecular complexity index is 134. The zero-order valence-corrected chi connectivity index (χ0v) is 8.13. The van der Waals surface area contributed by atoms with Gasteiger partial charge in [0.15, 0.2) is 0 Å². The number of carbonyl (C=O) groups excluding carboxylic acids is 1. The van der Waals surface area contributed by atoms with E-state index in [1.807, 2.05) is 14.1 Å². The van der Waals surface area contributed by atoms with Crippen molar-refractivity contribution in [2.45, 2.75) is 19.4 Å². The SMILES string of the molecule is C[C@@H](N)C(=O)NCCCN(C)C. The van der Waals surface area contributed by atoms with Crippen LogP contribution in [0.5, 0.6) is 0 Å². The van der Waals surface area contributed by atoms with E-state index in [-0.39, 0.29) is 5.91 Å². The van der Waals surface area contributed by atoms with Gasteiger partial charge in [-0.3, -0.25) is 4.79 Å². The van der Waals surface area contributed by atoms with E-state index < -0.39 is 6.04 Å². The molecule has 0 spiro atoms. The first-order valence-electron chi connectivity index (χ1n) is 4.22. The predicted octanol–water partition coefficient (Wildman–Crippen LogP) is -0.598. The van der Waals surface area contributed by atoms with Gasteiger partial charge in [0.05, 0.1) is 6.04 Å². The van der Waals surface area contributed by atoms with E-state index in [2.05, 4.69) is 10.2 Å². The Morgan fingerprint density at radius 2 is 2.17 bits per heavy atom. The molecule has 0 aromatic heterocycles. The van der Waals surface area contributed by atoms with Crippen LogP contribution < -0.4 is 11.1 Å². The average Bonchev–Trinajstić information content (AvgIpc) is 1.97. The van der Waals surface area contributed by atoms with Crippen LogP contribution in [0.25, 0.3) is 0 Å². The maximum atomic E-state index is 10.9. The molecule has 3 N–H and O–H groups in total. The minimum Gasteiger partial charge on any atom is -0.355 e. The van der Waals surface area contributed by atoms with E-state index in [4.69, 9.17) is 5.73 Å². The smallest absolute Gasteiger partial charge is 0.236 e. The molecular formula is C8H19N3O. The standard InChI is InChI=1S/C8H19N3O/c1-7(9)8(12)10-5-4-6-11(2)3/h7H,4-6,9H2,1-3H3,(H,10,12)/t7-/m1/s1. The van der Waals surface area contributed by atoms with Crippen molar-refractivity contribution in [3.8, 4) is 0 Å². The second-order valence-corrected chi connectivity index (χ2v) is 3.24. The number of hydrogen-bond donors (Lipinski definition) is 2. The Morgan fingerprint density at radius 3 is 2.58 bits per heavy atom. The van der Waals surface area contributed by atoms with Crippen molar-refractivity contribution >= 4 is 5.91 Å². The lowest BCUT2D eigenvalue weighted by atomic mass is 10.3. The molecule has 0 aliphatic carbocycles. The summed E-state index contributed by atoms with van der Waals surface area (Å²) in [7, 11) is 4.01. The van der Waals surface area contributed by atoms with Gasteiger partial charge in [0.2, 0.25) is 5.91 Å². The maximum Gasteiger partial charge on any atom is 0.236 e.